The molecule has 0 N–H and O–H groups in total. The standard InChI is InChI=1S/C46H39NO/c1-46(2)40-24-19-32(30-9-4-3-5-10-30)27-39(40)36-23-22-35(28-41(36)46)47(34-20-17-31(18-21-34)38-26-29-15-16-33(38)25-29)42-12-8-14-44-45(42)37-11-6-7-13-43(37)48-44/h3-14,17-24,27-29,33,38H,15-16,25-26H2,1-2H3. The fourth-order valence-corrected chi connectivity index (χ4v) is 9.58. The monoisotopic (exact) mass is 621 g/mol. The summed E-state index contributed by atoms with van der Waals surface area (Å²) >= 11 is 0. The van der Waals surface area contributed by atoms with Gasteiger partial charge >= 0.3 is 0 Å². The van der Waals surface area contributed by atoms with Crippen molar-refractivity contribution in [1.29, 1.82) is 0 Å². The van der Waals surface area contributed by atoms with Crippen LogP contribution >= 0.6 is 0 Å². The van der Waals surface area contributed by atoms with Gasteiger partial charge in [-0.05, 0) is 124 Å². The Balaban J connectivity index is 1.14. The first-order valence-corrected chi connectivity index (χ1v) is 17.7. The van der Waals surface area contributed by atoms with Crippen molar-refractivity contribution in [1.82, 2.24) is 0 Å². The predicted molar refractivity (Wildman–Crippen MR) is 200 cm³/mol. The van der Waals surface area contributed by atoms with Gasteiger partial charge in [0.15, 0.2) is 0 Å². The molecule has 3 atom stereocenters. The van der Waals surface area contributed by atoms with E-state index >= 15 is 0 Å². The molecule has 0 spiro atoms. The first-order valence-electron chi connectivity index (χ1n) is 17.7. The van der Waals surface area contributed by atoms with Crippen LogP contribution in [0.2, 0.25) is 0 Å². The lowest BCUT2D eigenvalue weighted by Crippen LogP contribution is -2.16. The number of hydrogen-bond donors (Lipinski definition) is 0. The zero-order valence-corrected chi connectivity index (χ0v) is 27.6. The van der Waals surface area contributed by atoms with Gasteiger partial charge in [-0.15, -0.1) is 0 Å². The van der Waals surface area contributed by atoms with Crippen molar-refractivity contribution in [2.24, 2.45) is 11.8 Å². The number of anilines is 3. The zero-order chi connectivity index (χ0) is 32.0. The third-order valence-electron chi connectivity index (χ3n) is 12.0. The van der Waals surface area contributed by atoms with Crippen LogP contribution in [0.1, 0.15) is 62.1 Å². The summed E-state index contributed by atoms with van der Waals surface area (Å²) in [6, 6.07) is 49.4. The van der Waals surface area contributed by atoms with Gasteiger partial charge in [-0.1, -0.05) is 105 Å². The summed E-state index contributed by atoms with van der Waals surface area (Å²) in [4.78, 5) is 2.46. The van der Waals surface area contributed by atoms with E-state index in [1.165, 1.54) is 76.0 Å². The first-order chi connectivity index (χ1) is 23.5. The molecule has 10 rings (SSSR count). The maximum atomic E-state index is 6.40. The molecule has 2 heteroatoms. The Bertz CT molecular complexity index is 2340. The number of rotatable bonds is 5. The molecular weight excluding hydrogens is 583 g/mol. The second kappa shape index (κ2) is 10.5. The number of para-hydroxylation sites is 1. The highest BCUT2D eigenvalue weighted by atomic mass is 16.3. The summed E-state index contributed by atoms with van der Waals surface area (Å²) in [7, 11) is 0. The van der Waals surface area contributed by atoms with E-state index in [0.717, 1.165) is 39.5 Å². The highest BCUT2D eigenvalue weighted by Crippen LogP contribution is 2.54. The van der Waals surface area contributed by atoms with Gasteiger partial charge in [0.1, 0.15) is 11.2 Å². The fraction of sp³-hybridized carbons (Fsp3) is 0.217. The van der Waals surface area contributed by atoms with Crippen LogP contribution in [0.3, 0.4) is 0 Å². The van der Waals surface area contributed by atoms with Crippen molar-refractivity contribution in [3.63, 3.8) is 0 Å². The van der Waals surface area contributed by atoms with Gasteiger partial charge in [-0.3, -0.25) is 0 Å². The largest absolute Gasteiger partial charge is 0.456 e. The Kier molecular flexibility index (Phi) is 6.10. The maximum Gasteiger partial charge on any atom is 0.137 e. The number of nitrogens with zero attached hydrogens (tertiary/aromatic N) is 1. The fourth-order valence-electron chi connectivity index (χ4n) is 9.58. The number of fused-ring (bicyclic) bond motifs is 8. The molecule has 2 saturated carbocycles. The van der Waals surface area contributed by atoms with Gasteiger partial charge < -0.3 is 9.32 Å². The highest BCUT2D eigenvalue weighted by molar-refractivity contribution is 6.13. The molecule has 2 nitrogen and oxygen atoms in total. The van der Waals surface area contributed by atoms with Crippen LogP contribution in [0.15, 0.2) is 138 Å². The molecule has 48 heavy (non-hydrogen) atoms. The minimum atomic E-state index is -0.123. The summed E-state index contributed by atoms with van der Waals surface area (Å²) < 4.78 is 6.40. The summed E-state index contributed by atoms with van der Waals surface area (Å²) in [5.74, 6) is 2.52. The molecule has 0 amide bonds. The smallest absolute Gasteiger partial charge is 0.137 e. The number of furan rings is 1. The van der Waals surface area contributed by atoms with Crippen molar-refractivity contribution in [2.45, 2.75) is 50.9 Å². The molecule has 0 saturated heterocycles. The van der Waals surface area contributed by atoms with E-state index in [-0.39, 0.29) is 5.41 Å². The maximum absolute atomic E-state index is 6.40. The molecule has 6 aromatic carbocycles. The van der Waals surface area contributed by atoms with Crippen LogP contribution in [0, 0.1) is 11.8 Å². The van der Waals surface area contributed by atoms with Gasteiger partial charge in [0.05, 0.1) is 11.1 Å². The number of benzene rings is 6. The molecule has 3 aliphatic carbocycles. The molecule has 1 heterocycles. The lowest BCUT2D eigenvalue weighted by molar-refractivity contribution is 0.420. The van der Waals surface area contributed by atoms with Crippen LogP contribution in [-0.4, -0.2) is 0 Å². The van der Waals surface area contributed by atoms with Crippen LogP contribution in [0.5, 0.6) is 0 Å². The van der Waals surface area contributed by atoms with E-state index in [0.29, 0.717) is 5.92 Å². The molecule has 0 aliphatic heterocycles. The molecule has 7 aromatic rings. The second-order valence-corrected chi connectivity index (χ2v) is 14.9. The molecular formula is C46H39NO. The van der Waals surface area contributed by atoms with Crippen molar-refractivity contribution in [3.8, 4) is 22.3 Å². The average molecular weight is 622 g/mol. The molecule has 3 unspecified atom stereocenters. The summed E-state index contributed by atoms with van der Waals surface area (Å²) in [5.41, 5.74) is 14.7. The lowest BCUT2D eigenvalue weighted by Gasteiger charge is -2.29. The van der Waals surface area contributed by atoms with Crippen LogP contribution in [0.25, 0.3) is 44.2 Å². The summed E-state index contributed by atoms with van der Waals surface area (Å²) in [6.07, 6.45) is 5.62. The van der Waals surface area contributed by atoms with Crippen LogP contribution in [0.4, 0.5) is 17.1 Å². The van der Waals surface area contributed by atoms with E-state index < -0.39 is 0 Å². The topological polar surface area (TPSA) is 16.4 Å². The van der Waals surface area contributed by atoms with Gasteiger partial charge in [-0.2, -0.15) is 0 Å². The van der Waals surface area contributed by atoms with Crippen molar-refractivity contribution in [2.75, 3.05) is 4.90 Å². The highest BCUT2D eigenvalue weighted by Gasteiger charge is 2.40. The van der Waals surface area contributed by atoms with Gasteiger partial charge in [0, 0.05) is 22.2 Å². The Hall–Kier alpha value is -5.08. The van der Waals surface area contributed by atoms with E-state index in [2.05, 4.69) is 152 Å². The molecule has 2 bridgehead atoms. The van der Waals surface area contributed by atoms with Crippen LogP contribution in [-0.2, 0) is 5.41 Å². The summed E-state index contributed by atoms with van der Waals surface area (Å²) in [6.45, 7) is 4.75. The lowest BCUT2D eigenvalue weighted by atomic mass is 9.82. The predicted octanol–water partition coefficient (Wildman–Crippen LogP) is 12.9. The molecule has 0 radical (unpaired) electrons. The minimum Gasteiger partial charge on any atom is -0.456 e. The van der Waals surface area contributed by atoms with E-state index in [1.54, 1.807) is 0 Å². The third kappa shape index (κ3) is 4.18. The third-order valence-corrected chi connectivity index (χ3v) is 12.0. The molecule has 234 valence electrons. The quantitative estimate of drug-likeness (QED) is 0.190. The summed E-state index contributed by atoms with van der Waals surface area (Å²) in [5, 5.41) is 2.30. The SMILES string of the molecule is CC1(C)c2ccc(-c3ccccc3)cc2-c2ccc(N(c3ccc(C4CC5CCC4C5)cc3)c3cccc4oc5ccccc5c34)cc21. The Morgan fingerprint density at radius 2 is 1.40 bits per heavy atom. The zero-order valence-electron chi connectivity index (χ0n) is 27.6. The van der Waals surface area contributed by atoms with Crippen molar-refractivity contribution in [3.05, 3.63) is 150 Å². The van der Waals surface area contributed by atoms with Crippen molar-refractivity contribution < 1.29 is 4.42 Å². The molecule has 3 aliphatic rings. The Morgan fingerprint density at radius 3 is 2.21 bits per heavy atom. The van der Waals surface area contributed by atoms with Crippen molar-refractivity contribution >= 4 is 39.0 Å². The number of hydrogen-bond acceptors (Lipinski definition) is 2. The Labute approximate surface area is 282 Å². The van der Waals surface area contributed by atoms with Gasteiger partial charge in [-0.25, -0.2) is 0 Å². The normalized spacial score (nSPS) is 20.3. The van der Waals surface area contributed by atoms with E-state index in [9.17, 15) is 0 Å². The molecule has 1 aromatic heterocycles. The van der Waals surface area contributed by atoms with E-state index in [1.807, 2.05) is 0 Å². The average Bonchev–Trinajstić information content (AvgIpc) is 3.91. The van der Waals surface area contributed by atoms with Gasteiger partial charge in [0.2, 0.25) is 0 Å². The second-order valence-electron chi connectivity index (χ2n) is 14.9. The Morgan fingerprint density at radius 1 is 0.604 bits per heavy atom. The minimum absolute atomic E-state index is 0.123. The van der Waals surface area contributed by atoms with Gasteiger partial charge in [0.25, 0.3) is 0 Å². The molecule has 2 fully saturated rings. The van der Waals surface area contributed by atoms with E-state index in [4.69, 9.17) is 4.42 Å². The van der Waals surface area contributed by atoms with Crippen LogP contribution < -0.4 is 4.90 Å². The first kappa shape index (κ1) is 28.0.